The standard InChI is InChI=1S/C20H35NO4/c1-2-3-4-5-7-10-13-16-19(21(24)25)17-14-11-8-6-9-12-15-18-20(22)23/h10-11,13-14,19H,2-9,12,15-18H2,1H3,(H,22,23)/b13-10+,14-11+. The van der Waals surface area contributed by atoms with Gasteiger partial charge < -0.3 is 5.11 Å². The monoisotopic (exact) mass is 353 g/mol. The fourth-order valence-corrected chi connectivity index (χ4v) is 2.59. The van der Waals surface area contributed by atoms with Crippen LogP contribution in [-0.2, 0) is 4.79 Å². The van der Waals surface area contributed by atoms with Crippen LogP contribution < -0.4 is 0 Å². The van der Waals surface area contributed by atoms with Crippen LogP contribution in [0.15, 0.2) is 24.3 Å². The van der Waals surface area contributed by atoms with Gasteiger partial charge in [-0.2, -0.15) is 0 Å². The van der Waals surface area contributed by atoms with Crippen LogP contribution >= 0.6 is 0 Å². The van der Waals surface area contributed by atoms with Crippen LogP contribution in [0.2, 0.25) is 0 Å². The lowest BCUT2D eigenvalue weighted by Gasteiger charge is -2.04. The molecule has 0 saturated carbocycles. The number of hydrogen-bond acceptors (Lipinski definition) is 3. The quantitative estimate of drug-likeness (QED) is 0.152. The molecular weight excluding hydrogens is 318 g/mol. The molecule has 0 spiro atoms. The van der Waals surface area contributed by atoms with E-state index < -0.39 is 12.0 Å². The molecule has 1 atom stereocenters. The first kappa shape index (κ1) is 23.4. The van der Waals surface area contributed by atoms with Crippen molar-refractivity contribution in [2.45, 2.75) is 96.4 Å². The molecule has 0 aliphatic heterocycles. The van der Waals surface area contributed by atoms with Crippen LogP contribution in [0, 0.1) is 10.1 Å². The van der Waals surface area contributed by atoms with E-state index in [4.69, 9.17) is 5.11 Å². The van der Waals surface area contributed by atoms with Crippen LogP contribution in [0.4, 0.5) is 0 Å². The normalized spacial score (nSPS) is 12.8. The summed E-state index contributed by atoms with van der Waals surface area (Å²) in [5.74, 6) is -0.735. The summed E-state index contributed by atoms with van der Waals surface area (Å²) in [6.45, 7) is 2.19. The lowest BCUT2D eigenvalue weighted by atomic mass is 10.1. The van der Waals surface area contributed by atoms with Crippen molar-refractivity contribution < 1.29 is 14.8 Å². The Morgan fingerprint density at radius 3 is 1.92 bits per heavy atom. The number of nitrogens with zero attached hydrogens (tertiary/aromatic N) is 1. The number of carboxylic acid groups (broad SMARTS) is 1. The van der Waals surface area contributed by atoms with Gasteiger partial charge in [-0.25, -0.2) is 0 Å². The van der Waals surface area contributed by atoms with E-state index in [-0.39, 0.29) is 11.3 Å². The maximum Gasteiger partial charge on any atom is 0.303 e. The van der Waals surface area contributed by atoms with E-state index in [2.05, 4.69) is 13.0 Å². The van der Waals surface area contributed by atoms with Gasteiger partial charge in [-0.1, -0.05) is 63.3 Å². The zero-order valence-electron chi connectivity index (χ0n) is 15.7. The molecule has 1 unspecified atom stereocenters. The smallest absolute Gasteiger partial charge is 0.303 e. The summed E-state index contributed by atoms with van der Waals surface area (Å²) in [5, 5.41) is 19.6. The third kappa shape index (κ3) is 17.0. The molecular formula is C20H35NO4. The second-order valence-electron chi connectivity index (χ2n) is 6.55. The maximum absolute atomic E-state index is 11.1. The molecule has 0 amide bonds. The van der Waals surface area contributed by atoms with Crippen molar-refractivity contribution in [1.82, 2.24) is 0 Å². The molecule has 5 heteroatoms. The summed E-state index contributed by atoms with van der Waals surface area (Å²) in [6.07, 6.45) is 19.7. The molecule has 0 fully saturated rings. The molecule has 0 heterocycles. The highest BCUT2D eigenvalue weighted by Gasteiger charge is 2.15. The van der Waals surface area contributed by atoms with Crippen molar-refractivity contribution in [2.75, 3.05) is 0 Å². The van der Waals surface area contributed by atoms with E-state index in [0.29, 0.717) is 12.8 Å². The molecule has 0 aromatic heterocycles. The van der Waals surface area contributed by atoms with Gasteiger partial charge in [0.1, 0.15) is 0 Å². The zero-order valence-corrected chi connectivity index (χ0v) is 15.7. The number of unbranched alkanes of at least 4 members (excludes halogenated alkanes) is 8. The van der Waals surface area contributed by atoms with E-state index in [1.54, 1.807) is 0 Å². The van der Waals surface area contributed by atoms with Gasteiger partial charge in [-0.05, 0) is 32.1 Å². The number of rotatable bonds is 17. The fourth-order valence-electron chi connectivity index (χ4n) is 2.59. The number of carboxylic acids is 1. The Kier molecular flexibility index (Phi) is 16.0. The van der Waals surface area contributed by atoms with Crippen LogP contribution in [-0.4, -0.2) is 22.0 Å². The Balaban J connectivity index is 3.76. The first-order chi connectivity index (χ1) is 12.1. The minimum absolute atomic E-state index is 0.183. The second kappa shape index (κ2) is 17.2. The first-order valence-corrected chi connectivity index (χ1v) is 9.73. The largest absolute Gasteiger partial charge is 0.481 e. The van der Waals surface area contributed by atoms with E-state index in [0.717, 1.165) is 38.5 Å². The van der Waals surface area contributed by atoms with Gasteiger partial charge in [0, 0.05) is 24.2 Å². The zero-order chi connectivity index (χ0) is 18.8. The lowest BCUT2D eigenvalue weighted by Crippen LogP contribution is -2.17. The molecule has 144 valence electrons. The molecule has 0 rings (SSSR count). The Hall–Kier alpha value is -1.65. The van der Waals surface area contributed by atoms with Crippen LogP contribution in [0.5, 0.6) is 0 Å². The van der Waals surface area contributed by atoms with Crippen molar-refractivity contribution >= 4 is 5.97 Å². The third-order valence-corrected chi connectivity index (χ3v) is 4.18. The summed E-state index contributed by atoms with van der Waals surface area (Å²) >= 11 is 0. The van der Waals surface area contributed by atoms with Crippen molar-refractivity contribution in [1.29, 1.82) is 0 Å². The summed E-state index contributed by atoms with van der Waals surface area (Å²) < 4.78 is 0. The van der Waals surface area contributed by atoms with Gasteiger partial charge in [0.2, 0.25) is 6.04 Å². The van der Waals surface area contributed by atoms with Gasteiger partial charge >= 0.3 is 5.97 Å². The Bertz CT molecular complexity index is 405. The summed E-state index contributed by atoms with van der Waals surface area (Å²) in [5.41, 5.74) is 0. The molecule has 0 aliphatic rings. The molecule has 0 saturated heterocycles. The van der Waals surface area contributed by atoms with Gasteiger partial charge in [-0.3, -0.25) is 14.9 Å². The highest BCUT2D eigenvalue weighted by molar-refractivity contribution is 5.66. The summed E-state index contributed by atoms with van der Waals surface area (Å²) in [4.78, 5) is 21.3. The maximum atomic E-state index is 11.1. The van der Waals surface area contributed by atoms with Crippen LogP contribution in [0.3, 0.4) is 0 Å². The van der Waals surface area contributed by atoms with Crippen molar-refractivity contribution in [3.05, 3.63) is 34.4 Å². The second-order valence-corrected chi connectivity index (χ2v) is 6.55. The molecule has 5 nitrogen and oxygen atoms in total. The van der Waals surface area contributed by atoms with Crippen molar-refractivity contribution in [2.24, 2.45) is 0 Å². The molecule has 1 N–H and O–H groups in total. The van der Waals surface area contributed by atoms with Gasteiger partial charge in [0.15, 0.2) is 0 Å². The molecule has 25 heavy (non-hydrogen) atoms. The van der Waals surface area contributed by atoms with Crippen molar-refractivity contribution in [3.63, 3.8) is 0 Å². The van der Waals surface area contributed by atoms with Gasteiger partial charge in [0.05, 0.1) is 0 Å². The average molecular weight is 354 g/mol. The third-order valence-electron chi connectivity index (χ3n) is 4.18. The fraction of sp³-hybridized carbons (Fsp3) is 0.750. The summed E-state index contributed by atoms with van der Waals surface area (Å²) in [6, 6.07) is -0.529. The van der Waals surface area contributed by atoms with E-state index in [1.807, 2.05) is 18.2 Å². The van der Waals surface area contributed by atoms with Gasteiger partial charge in [-0.15, -0.1) is 0 Å². The van der Waals surface area contributed by atoms with E-state index >= 15 is 0 Å². The topological polar surface area (TPSA) is 80.4 Å². The number of carbonyl (C=O) groups is 1. The van der Waals surface area contributed by atoms with E-state index in [1.165, 1.54) is 25.7 Å². The minimum Gasteiger partial charge on any atom is -0.481 e. The Morgan fingerprint density at radius 2 is 1.44 bits per heavy atom. The predicted octanol–water partition coefficient (Wildman–Crippen LogP) is 5.92. The highest BCUT2D eigenvalue weighted by Crippen LogP contribution is 2.10. The number of allylic oxidation sites excluding steroid dienone is 2. The number of aliphatic carboxylic acids is 1. The molecule has 0 aliphatic carbocycles. The Labute approximate surface area is 152 Å². The predicted molar refractivity (Wildman–Crippen MR) is 102 cm³/mol. The molecule has 0 radical (unpaired) electrons. The molecule has 0 aromatic carbocycles. The SMILES string of the molecule is CCCCCC/C=C/CC(C/C=C/CCCCCCC(=O)O)[N+](=O)[O-]. The van der Waals surface area contributed by atoms with Gasteiger partial charge in [0.25, 0.3) is 0 Å². The first-order valence-electron chi connectivity index (χ1n) is 9.73. The molecule has 0 aromatic rings. The average Bonchev–Trinajstić information content (AvgIpc) is 2.57. The van der Waals surface area contributed by atoms with Crippen LogP contribution in [0.1, 0.15) is 90.4 Å². The van der Waals surface area contributed by atoms with E-state index in [9.17, 15) is 14.9 Å². The minimum atomic E-state index is -0.735. The Morgan fingerprint density at radius 1 is 0.920 bits per heavy atom. The summed E-state index contributed by atoms with van der Waals surface area (Å²) in [7, 11) is 0. The highest BCUT2D eigenvalue weighted by atomic mass is 16.6. The number of nitro groups is 1. The lowest BCUT2D eigenvalue weighted by molar-refractivity contribution is -0.520. The molecule has 0 bridgehead atoms. The number of hydrogen-bond donors (Lipinski definition) is 1. The van der Waals surface area contributed by atoms with Crippen molar-refractivity contribution in [3.8, 4) is 0 Å². The van der Waals surface area contributed by atoms with Crippen LogP contribution in [0.25, 0.3) is 0 Å².